The number of nitrogens with one attached hydrogen (secondary N) is 1. The fraction of sp³-hybridized carbons (Fsp3) is 1.00. The maximum atomic E-state index is 5.37. The van der Waals surface area contributed by atoms with Crippen molar-refractivity contribution in [3.05, 3.63) is 0 Å². The summed E-state index contributed by atoms with van der Waals surface area (Å²) in [6.07, 6.45) is 1.23. The van der Waals surface area contributed by atoms with Crippen molar-refractivity contribution in [2.24, 2.45) is 5.92 Å². The topological polar surface area (TPSA) is 27.7 Å². The van der Waals surface area contributed by atoms with E-state index in [0.29, 0.717) is 6.04 Å². The van der Waals surface area contributed by atoms with Crippen LogP contribution in [0.4, 0.5) is 0 Å². The molecule has 2 rings (SSSR count). The summed E-state index contributed by atoms with van der Waals surface area (Å²) in [5.74, 6) is 0.751. The maximum absolute atomic E-state index is 5.37. The Labute approximate surface area is 105 Å². The van der Waals surface area contributed by atoms with Gasteiger partial charge in [0.1, 0.15) is 0 Å². The molecule has 0 spiro atoms. The lowest BCUT2D eigenvalue weighted by atomic mass is 10.1. The second-order valence-electron chi connectivity index (χ2n) is 5.56. The molecule has 0 saturated carbocycles. The first-order valence-corrected chi connectivity index (χ1v) is 6.97. The second kappa shape index (κ2) is 6.69. The smallest absolute Gasteiger partial charge is 0.0507 e. The van der Waals surface area contributed by atoms with E-state index in [1.165, 1.54) is 32.6 Å². The predicted molar refractivity (Wildman–Crippen MR) is 70.3 cm³/mol. The summed E-state index contributed by atoms with van der Waals surface area (Å²) in [6, 6.07) is 0.701. The van der Waals surface area contributed by atoms with Crippen LogP contribution in [-0.4, -0.2) is 75.4 Å². The van der Waals surface area contributed by atoms with Crippen molar-refractivity contribution >= 4 is 0 Å². The molecule has 2 aliphatic heterocycles. The van der Waals surface area contributed by atoms with Gasteiger partial charge in [-0.05, 0) is 26.3 Å². The van der Waals surface area contributed by atoms with Crippen LogP contribution >= 0.6 is 0 Å². The highest BCUT2D eigenvalue weighted by molar-refractivity contribution is 4.77. The van der Waals surface area contributed by atoms with Crippen LogP contribution < -0.4 is 5.32 Å². The molecule has 0 amide bonds. The van der Waals surface area contributed by atoms with Crippen LogP contribution in [0.1, 0.15) is 13.3 Å². The van der Waals surface area contributed by atoms with E-state index in [9.17, 15) is 0 Å². The predicted octanol–water partition coefficient (Wildman–Crippen LogP) is 0.248. The minimum absolute atomic E-state index is 0.701. The van der Waals surface area contributed by atoms with Crippen molar-refractivity contribution in [3.63, 3.8) is 0 Å². The molecule has 2 aliphatic rings. The highest BCUT2D eigenvalue weighted by Crippen LogP contribution is 2.10. The first kappa shape index (κ1) is 13.3. The van der Waals surface area contributed by atoms with Crippen LogP contribution in [0, 0.1) is 5.92 Å². The molecule has 4 heteroatoms. The van der Waals surface area contributed by atoms with Gasteiger partial charge in [-0.1, -0.05) is 0 Å². The maximum Gasteiger partial charge on any atom is 0.0507 e. The van der Waals surface area contributed by atoms with Gasteiger partial charge in [-0.2, -0.15) is 0 Å². The van der Waals surface area contributed by atoms with Gasteiger partial charge >= 0.3 is 0 Å². The molecule has 2 saturated heterocycles. The van der Waals surface area contributed by atoms with Gasteiger partial charge in [-0.3, -0.25) is 4.90 Å². The molecule has 1 N–H and O–H groups in total. The third kappa shape index (κ3) is 4.21. The third-order valence-corrected chi connectivity index (χ3v) is 4.11. The van der Waals surface area contributed by atoms with Crippen LogP contribution in [0.3, 0.4) is 0 Å². The number of ether oxygens (including phenoxy) is 1. The monoisotopic (exact) mass is 241 g/mol. The molecule has 2 fully saturated rings. The molecule has 0 bridgehead atoms. The van der Waals surface area contributed by atoms with Crippen molar-refractivity contribution in [1.82, 2.24) is 15.1 Å². The zero-order valence-electron chi connectivity index (χ0n) is 11.3. The van der Waals surface area contributed by atoms with E-state index >= 15 is 0 Å². The Balaban J connectivity index is 1.53. The summed E-state index contributed by atoms with van der Waals surface area (Å²) in [6.45, 7) is 11.3. The van der Waals surface area contributed by atoms with Crippen LogP contribution in [0.5, 0.6) is 0 Å². The van der Waals surface area contributed by atoms with Crippen molar-refractivity contribution in [1.29, 1.82) is 0 Å². The Bertz CT molecular complexity index is 219. The molecule has 100 valence electrons. The molecule has 0 aromatic carbocycles. The van der Waals surface area contributed by atoms with Gasteiger partial charge in [-0.25, -0.2) is 0 Å². The van der Waals surface area contributed by atoms with Crippen molar-refractivity contribution in [3.8, 4) is 0 Å². The summed E-state index contributed by atoms with van der Waals surface area (Å²) >= 11 is 0. The van der Waals surface area contributed by atoms with Crippen LogP contribution in [0.15, 0.2) is 0 Å². The Morgan fingerprint density at radius 3 is 2.94 bits per heavy atom. The average molecular weight is 241 g/mol. The van der Waals surface area contributed by atoms with Crippen molar-refractivity contribution < 1.29 is 4.74 Å². The molecule has 17 heavy (non-hydrogen) atoms. The van der Waals surface area contributed by atoms with Gasteiger partial charge in [0.2, 0.25) is 0 Å². The Morgan fingerprint density at radius 2 is 2.24 bits per heavy atom. The molecule has 2 atom stereocenters. The van der Waals surface area contributed by atoms with Gasteiger partial charge < -0.3 is 15.0 Å². The second-order valence-corrected chi connectivity index (χ2v) is 5.56. The van der Waals surface area contributed by atoms with E-state index in [0.717, 1.165) is 32.2 Å². The number of hydrogen-bond acceptors (Lipinski definition) is 4. The summed E-state index contributed by atoms with van der Waals surface area (Å²) < 4.78 is 5.37. The zero-order chi connectivity index (χ0) is 12.1. The first-order chi connectivity index (χ1) is 8.25. The molecule has 0 aromatic heterocycles. The SMILES string of the molecule is CC1CN(CCNCC2CCOC2)CCN1C. The van der Waals surface area contributed by atoms with Crippen molar-refractivity contribution in [2.75, 3.05) is 59.5 Å². The quantitative estimate of drug-likeness (QED) is 0.698. The fourth-order valence-electron chi connectivity index (χ4n) is 2.61. The van der Waals surface area contributed by atoms with Gasteiger partial charge in [0.05, 0.1) is 6.61 Å². The van der Waals surface area contributed by atoms with Gasteiger partial charge in [0.15, 0.2) is 0 Å². The van der Waals surface area contributed by atoms with Crippen molar-refractivity contribution in [2.45, 2.75) is 19.4 Å². The Morgan fingerprint density at radius 1 is 1.35 bits per heavy atom. The summed E-state index contributed by atoms with van der Waals surface area (Å²) in [5.41, 5.74) is 0. The Kier molecular flexibility index (Phi) is 5.22. The zero-order valence-corrected chi connectivity index (χ0v) is 11.3. The lowest BCUT2D eigenvalue weighted by Crippen LogP contribution is -2.51. The van der Waals surface area contributed by atoms with E-state index in [2.05, 4.69) is 29.1 Å². The Hall–Kier alpha value is -0.160. The first-order valence-electron chi connectivity index (χ1n) is 6.97. The van der Waals surface area contributed by atoms with E-state index in [-0.39, 0.29) is 0 Å². The standard InChI is InChI=1S/C13H27N3O/c1-12-10-16(7-6-15(12)2)5-4-14-9-13-3-8-17-11-13/h12-14H,3-11H2,1-2H3. The fourth-order valence-corrected chi connectivity index (χ4v) is 2.61. The molecule has 2 heterocycles. The third-order valence-electron chi connectivity index (χ3n) is 4.11. The number of rotatable bonds is 5. The number of piperazine rings is 1. The molecule has 0 radical (unpaired) electrons. The minimum Gasteiger partial charge on any atom is -0.381 e. The number of likely N-dealkylation sites (N-methyl/N-ethyl adjacent to an activating group) is 1. The lowest BCUT2D eigenvalue weighted by Gasteiger charge is -2.37. The average Bonchev–Trinajstić information content (AvgIpc) is 2.82. The van der Waals surface area contributed by atoms with E-state index in [4.69, 9.17) is 4.74 Å². The van der Waals surface area contributed by atoms with E-state index in [1.54, 1.807) is 0 Å². The van der Waals surface area contributed by atoms with E-state index in [1.807, 2.05) is 0 Å². The molecule has 0 aromatic rings. The lowest BCUT2D eigenvalue weighted by molar-refractivity contribution is 0.105. The van der Waals surface area contributed by atoms with Crippen LogP contribution in [0.25, 0.3) is 0 Å². The minimum atomic E-state index is 0.701. The normalized spacial score (nSPS) is 32.1. The summed E-state index contributed by atoms with van der Waals surface area (Å²) in [4.78, 5) is 5.02. The molecule has 2 unspecified atom stereocenters. The number of hydrogen-bond donors (Lipinski definition) is 1. The highest BCUT2D eigenvalue weighted by Gasteiger charge is 2.20. The summed E-state index contributed by atoms with van der Waals surface area (Å²) in [5, 5.41) is 3.57. The molecular weight excluding hydrogens is 214 g/mol. The van der Waals surface area contributed by atoms with Gasteiger partial charge in [0, 0.05) is 51.9 Å². The number of nitrogens with zero attached hydrogens (tertiary/aromatic N) is 2. The van der Waals surface area contributed by atoms with Gasteiger partial charge in [-0.15, -0.1) is 0 Å². The van der Waals surface area contributed by atoms with Crippen LogP contribution in [-0.2, 0) is 4.74 Å². The van der Waals surface area contributed by atoms with Gasteiger partial charge in [0.25, 0.3) is 0 Å². The van der Waals surface area contributed by atoms with E-state index < -0.39 is 0 Å². The van der Waals surface area contributed by atoms with Crippen LogP contribution in [0.2, 0.25) is 0 Å². The molecule has 4 nitrogen and oxygen atoms in total. The summed E-state index contributed by atoms with van der Waals surface area (Å²) in [7, 11) is 2.22. The largest absolute Gasteiger partial charge is 0.381 e. The molecular formula is C13H27N3O. The molecule has 0 aliphatic carbocycles. The highest BCUT2D eigenvalue weighted by atomic mass is 16.5.